The molecule has 0 saturated carbocycles. The van der Waals surface area contributed by atoms with Crippen molar-refractivity contribution in [1.29, 1.82) is 0 Å². The van der Waals surface area contributed by atoms with Crippen LogP contribution in [-0.2, 0) is 29.0 Å². The molecule has 31 valence electrons. The van der Waals surface area contributed by atoms with Crippen molar-refractivity contribution in [3.8, 4) is 0 Å². The molecule has 3 heteroatoms. The van der Waals surface area contributed by atoms with Crippen molar-refractivity contribution in [1.82, 2.24) is 0 Å². The summed E-state index contributed by atoms with van der Waals surface area (Å²) in [5, 5.41) is 0. The minimum atomic E-state index is 0. The number of ether oxygens (including phenoxy) is 1. The van der Waals surface area contributed by atoms with Crippen molar-refractivity contribution in [2.45, 2.75) is 0 Å². The number of hydrogen-bond acceptors (Lipinski definition) is 2. The number of methoxy groups -OCH3 is 1. The average Bonchev–Trinajstić information content (AvgIpc) is 1.37. The monoisotopic (exact) mass is 161 g/mol. The fourth-order valence-electron chi connectivity index (χ4n) is 0. The summed E-state index contributed by atoms with van der Waals surface area (Å²) in [5.74, 6) is 0. The van der Waals surface area contributed by atoms with Crippen LogP contribution in [0.3, 0.4) is 0 Å². The molecule has 0 aliphatic carbocycles. The van der Waals surface area contributed by atoms with E-state index >= 15 is 0 Å². The second-order valence-electron chi connectivity index (χ2n) is 0.287. The maximum absolute atomic E-state index is 8.83. The third-order valence-corrected chi connectivity index (χ3v) is 0.0833. The van der Waals surface area contributed by atoms with Crippen molar-refractivity contribution >= 4 is 6.47 Å². The Labute approximate surface area is 43.3 Å². The zero-order chi connectivity index (χ0) is 3.41. The molecule has 0 spiro atoms. The molecular formula is C2H3O2Ru. The Kier molecular flexibility index (Phi) is 15.9. The van der Waals surface area contributed by atoms with Gasteiger partial charge in [0, 0.05) is 7.11 Å². The van der Waals surface area contributed by atoms with Gasteiger partial charge in [-0.2, -0.15) is 0 Å². The summed E-state index contributed by atoms with van der Waals surface area (Å²) < 4.78 is 3.74. The van der Waals surface area contributed by atoms with Gasteiger partial charge in [-0.25, -0.2) is 0 Å². The Morgan fingerprint density at radius 1 is 1.80 bits per heavy atom. The zero-order valence-electron chi connectivity index (χ0n) is 2.67. The standard InChI is InChI=1S/C2H3O2.Ru/c1-4-2-3;/h1H3;/q-1;+1. The Balaban J connectivity index is 0. The Hall–Kier alpha value is 0.0934. The molecule has 0 aliphatic rings. The molecule has 0 saturated heterocycles. The largest absolute Gasteiger partial charge is 1.00 e. The molecule has 0 aliphatic heterocycles. The minimum absolute atomic E-state index is 0. The van der Waals surface area contributed by atoms with Gasteiger partial charge >= 0.3 is 19.5 Å². The van der Waals surface area contributed by atoms with Gasteiger partial charge in [0.15, 0.2) is 0 Å². The predicted molar refractivity (Wildman–Crippen MR) is 12.7 cm³/mol. The molecule has 1 radical (unpaired) electrons. The normalized spacial score (nSPS) is 4.20. The maximum atomic E-state index is 8.83. The first-order valence-electron chi connectivity index (χ1n) is 0.816. The van der Waals surface area contributed by atoms with E-state index < -0.39 is 0 Å². The fourth-order valence-corrected chi connectivity index (χ4v) is 0. The first kappa shape index (κ1) is 8.92. The van der Waals surface area contributed by atoms with Crippen LogP contribution < -0.4 is 0 Å². The van der Waals surface area contributed by atoms with E-state index in [2.05, 4.69) is 4.74 Å². The summed E-state index contributed by atoms with van der Waals surface area (Å²) in [6, 6.07) is 0. The van der Waals surface area contributed by atoms with Crippen LogP contribution in [0.25, 0.3) is 0 Å². The molecule has 0 amide bonds. The first-order valence-corrected chi connectivity index (χ1v) is 0.816. The Morgan fingerprint density at radius 2 is 2.00 bits per heavy atom. The summed E-state index contributed by atoms with van der Waals surface area (Å²) >= 11 is 0. The smallest absolute Gasteiger partial charge is 0.655 e. The quantitative estimate of drug-likeness (QED) is 0.388. The first-order chi connectivity index (χ1) is 1.91. The maximum Gasteiger partial charge on any atom is 1.00 e. The van der Waals surface area contributed by atoms with Crippen LogP contribution in [0.5, 0.6) is 0 Å². The molecule has 0 aromatic carbocycles. The molecule has 5 heavy (non-hydrogen) atoms. The van der Waals surface area contributed by atoms with E-state index in [9.17, 15) is 0 Å². The second kappa shape index (κ2) is 8.94. The van der Waals surface area contributed by atoms with Gasteiger partial charge in [-0.3, -0.25) is 0 Å². The molecule has 0 aromatic heterocycles. The number of rotatable bonds is 1. The predicted octanol–water partition coefficient (Wildman–Crippen LogP) is -0.302. The van der Waals surface area contributed by atoms with Crippen LogP contribution in [0.4, 0.5) is 0 Å². The molecule has 0 aromatic rings. The summed E-state index contributed by atoms with van der Waals surface area (Å²) in [5.41, 5.74) is 0. The van der Waals surface area contributed by atoms with Gasteiger partial charge in [-0.05, 0) is 0 Å². The van der Waals surface area contributed by atoms with Crippen LogP contribution in [0, 0.1) is 0 Å². The molecule has 0 rings (SSSR count). The van der Waals surface area contributed by atoms with Gasteiger partial charge in [-0.15, -0.1) is 0 Å². The van der Waals surface area contributed by atoms with E-state index in [1.807, 2.05) is 0 Å². The minimum Gasteiger partial charge on any atom is -0.655 e. The van der Waals surface area contributed by atoms with Crippen LogP contribution in [0.15, 0.2) is 0 Å². The molecular weight excluding hydrogens is 157 g/mol. The molecule has 0 unspecified atom stereocenters. The molecule has 2 nitrogen and oxygen atoms in total. The fraction of sp³-hybridized carbons (Fsp3) is 0.500. The van der Waals surface area contributed by atoms with Gasteiger partial charge < -0.3 is 9.53 Å². The number of hydrogen-bond donors (Lipinski definition) is 0. The number of carbonyl (C=O) groups excluding carboxylic acids is 1. The Morgan fingerprint density at radius 3 is 2.00 bits per heavy atom. The van der Waals surface area contributed by atoms with Crippen LogP contribution in [-0.4, -0.2) is 13.6 Å². The molecule has 0 N–H and O–H groups in total. The summed E-state index contributed by atoms with van der Waals surface area (Å²) in [6.45, 7) is 1.18. The molecule has 0 bridgehead atoms. The third-order valence-electron chi connectivity index (χ3n) is 0.0833. The van der Waals surface area contributed by atoms with E-state index in [1.165, 1.54) is 13.6 Å². The topological polar surface area (TPSA) is 26.3 Å². The van der Waals surface area contributed by atoms with Crippen molar-refractivity contribution in [3.05, 3.63) is 0 Å². The zero-order valence-corrected chi connectivity index (χ0v) is 4.41. The SMILES string of the molecule is CO[C-]=O.[Ru+]. The van der Waals surface area contributed by atoms with Crippen molar-refractivity contribution < 1.29 is 29.0 Å². The van der Waals surface area contributed by atoms with Crippen LogP contribution >= 0.6 is 0 Å². The third kappa shape index (κ3) is 15.0. The molecule has 0 atom stereocenters. The van der Waals surface area contributed by atoms with Gasteiger partial charge in [0.25, 0.3) is 0 Å². The summed E-state index contributed by atoms with van der Waals surface area (Å²) in [6.07, 6.45) is 0. The Bertz CT molecular complexity index is 21.6. The van der Waals surface area contributed by atoms with Crippen LogP contribution in [0.2, 0.25) is 0 Å². The van der Waals surface area contributed by atoms with E-state index in [4.69, 9.17) is 4.79 Å². The van der Waals surface area contributed by atoms with E-state index in [0.717, 1.165) is 0 Å². The van der Waals surface area contributed by atoms with Crippen molar-refractivity contribution in [3.63, 3.8) is 0 Å². The molecule has 0 heterocycles. The summed E-state index contributed by atoms with van der Waals surface area (Å²) in [7, 11) is 1.26. The molecule has 0 fully saturated rings. The summed E-state index contributed by atoms with van der Waals surface area (Å²) in [4.78, 5) is 8.83. The van der Waals surface area contributed by atoms with Gasteiger partial charge in [0.1, 0.15) is 0 Å². The van der Waals surface area contributed by atoms with E-state index in [-0.39, 0.29) is 19.5 Å². The van der Waals surface area contributed by atoms with Crippen LogP contribution in [0.1, 0.15) is 0 Å². The average molecular weight is 160 g/mol. The van der Waals surface area contributed by atoms with E-state index in [0.29, 0.717) is 0 Å². The van der Waals surface area contributed by atoms with E-state index in [1.54, 1.807) is 0 Å². The van der Waals surface area contributed by atoms with Crippen molar-refractivity contribution in [2.75, 3.05) is 7.11 Å². The van der Waals surface area contributed by atoms with Gasteiger partial charge in [0.05, 0.1) is 0 Å². The van der Waals surface area contributed by atoms with Gasteiger partial charge in [0.2, 0.25) is 0 Å². The van der Waals surface area contributed by atoms with Gasteiger partial charge in [-0.1, -0.05) is 6.47 Å². The second-order valence-corrected chi connectivity index (χ2v) is 0.287. The van der Waals surface area contributed by atoms with Crippen molar-refractivity contribution in [2.24, 2.45) is 0 Å².